The monoisotopic (exact) mass is 165 g/mol. The summed E-state index contributed by atoms with van der Waals surface area (Å²) in [7, 11) is 1.49. The Balaban J connectivity index is 3.47. The Morgan fingerprint density at radius 2 is 2.33 bits per heavy atom. The van der Waals surface area contributed by atoms with Crippen molar-refractivity contribution >= 4 is 26.5 Å². The molecule has 0 saturated carbocycles. The molecule has 0 spiro atoms. The highest BCUT2D eigenvalue weighted by atomic mass is 32.8. The molecule has 0 radical (unpaired) electrons. The number of carbonyl (C=O) groups excluding carboxylic acids is 1. The van der Waals surface area contributed by atoms with Crippen molar-refractivity contribution in [2.24, 2.45) is 0 Å². The summed E-state index contributed by atoms with van der Waals surface area (Å²) in [4.78, 5) is 10.6. The fraction of sp³-hybridized carbons (Fsp3) is 0.800. The van der Waals surface area contributed by atoms with E-state index in [1.54, 1.807) is 7.05 Å². The van der Waals surface area contributed by atoms with Crippen LogP contribution in [0.1, 0.15) is 6.92 Å². The van der Waals surface area contributed by atoms with E-state index in [1.807, 2.05) is 6.92 Å². The highest BCUT2D eigenvalue weighted by molar-refractivity contribution is 8.29. The molecule has 54 valence electrons. The van der Waals surface area contributed by atoms with Crippen LogP contribution in [-0.2, 0) is 25.4 Å². The van der Waals surface area contributed by atoms with Crippen molar-refractivity contribution < 1.29 is 4.79 Å². The van der Waals surface area contributed by atoms with E-state index < -0.39 is 0 Å². The van der Waals surface area contributed by atoms with Gasteiger partial charge in [0.1, 0.15) is 0 Å². The molecule has 0 rings (SSSR count). The lowest BCUT2D eigenvalue weighted by Gasteiger charge is -1.98. The standard InChI is InChI=1S/C5H11NOS2/c1-3-9(8)4-5(7)6-2/h3-4H2,1-2H3,(H,6,7). The third-order valence-electron chi connectivity index (χ3n) is 0.893. The van der Waals surface area contributed by atoms with E-state index >= 15 is 0 Å². The number of nitrogens with one attached hydrogen (secondary N) is 1. The zero-order valence-electron chi connectivity index (χ0n) is 5.64. The second kappa shape index (κ2) is 4.88. The van der Waals surface area contributed by atoms with Crippen LogP contribution in [0.4, 0.5) is 0 Å². The van der Waals surface area contributed by atoms with Gasteiger partial charge in [-0.05, 0) is 5.75 Å². The van der Waals surface area contributed by atoms with Crippen LogP contribution >= 0.6 is 0 Å². The Morgan fingerprint density at radius 3 is 2.67 bits per heavy atom. The van der Waals surface area contributed by atoms with Gasteiger partial charge in [-0.15, -0.1) is 9.45 Å². The quantitative estimate of drug-likeness (QED) is 0.629. The second-order valence-corrected chi connectivity index (χ2v) is 4.71. The number of hydrogen-bond acceptors (Lipinski definition) is 2. The molecule has 1 atom stereocenters. The maximum atomic E-state index is 10.6. The normalized spacial score (nSPS) is 12.7. The van der Waals surface area contributed by atoms with Gasteiger partial charge in [-0.2, -0.15) is 0 Å². The number of rotatable bonds is 3. The highest BCUT2D eigenvalue weighted by Crippen LogP contribution is 1.80. The van der Waals surface area contributed by atoms with Gasteiger partial charge < -0.3 is 5.32 Å². The van der Waals surface area contributed by atoms with Crippen LogP contribution in [-0.4, -0.2) is 24.5 Å². The molecule has 0 aromatic carbocycles. The molecule has 1 amide bonds. The summed E-state index contributed by atoms with van der Waals surface area (Å²) in [6.07, 6.45) is 0. The first-order valence-electron chi connectivity index (χ1n) is 2.76. The second-order valence-electron chi connectivity index (χ2n) is 1.55. The van der Waals surface area contributed by atoms with Crippen molar-refractivity contribution in [2.45, 2.75) is 6.92 Å². The number of hydrogen-bond donors (Lipinski definition) is 1. The first kappa shape index (κ1) is 9.04. The fourth-order valence-corrected chi connectivity index (χ4v) is 1.28. The Bertz CT molecular complexity index is 110. The van der Waals surface area contributed by atoms with E-state index in [0.717, 1.165) is 5.75 Å². The summed E-state index contributed by atoms with van der Waals surface area (Å²) >= 11 is 4.95. The molecule has 0 aliphatic carbocycles. The first-order valence-corrected chi connectivity index (χ1v) is 5.25. The average molecular weight is 165 g/mol. The van der Waals surface area contributed by atoms with Crippen LogP contribution in [0.25, 0.3) is 0 Å². The van der Waals surface area contributed by atoms with E-state index in [-0.39, 0.29) is 15.4 Å². The van der Waals surface area contributed by atoms with Gasteiger partial charge in [-0.3, -0.25) is 4.79 Å². The van der Waals surface area contributed by atoms with Gasteiger partial charge in [0.15, 0.2) is 0 Å². The van der Waals surface area contributed by atoms with Gasteiger partial charge in [0.05, 0.1) is 5.75 Å². The highest BCUT2D eigenvalue weighted by Gasteiger charge is 1.97. The van der Waals surface area contributed by atoms with E-state index in [1.165, 1.54) is 0 Å². The van der Waals surface area contributed by atoms with Crippen LogP contribution in [0.3, 0.4) is 0 Å². The predicted octanol–water partition coefficient (Wildman–Crippen LogP) is -0.167. The molecule has 1 N–H and O–H groups in total. The van der Waals surface area contributed by atoms with Crippen molar-refractivity contribution in [3.05, 3.63) is 0 Å². The summed E-state index contributed by atoms with van der Waals surface area (Å²) in [5, 5.41) is 2.53. The summed E-state index contributed by atoms with van der Waals surface area (Å²) in [6.45, 7) is 2.00. The molecule has 1 unspecified atom stereocenters. The Kier molecular flexibility index (Phi) is 4.90. The van der Waals surface area contributed by atoms with Gasteiger partial charge >= 0.3 is 0 Å². The van der Waals surface area contributed by atoms with Gasteiger partial charge in [-0.1, -0.05) is 18.1 Å². The van der Waals surface area contributed by atoms with Crippen molar-refractivity contribution in [1.82, 2.24) is 5.32 Å². The maximum Gasteiger partial charge on any atom is 0.230 e. The molecule has 0 fully saturated rings. The fourth-order valence-electron chi connectivity index (χ4n) is 0.320. The van der Waals surface area contributed by atoms with E-state index in [0.29, 0.717) is 5.75 Å². The van der Waals surface area contributed by atoms with Gasteiger partial charge in [-0.25, -0.2) is 0 Å². The minimum atomic E-state index is -0.136. The zero-order chi connectivity index (χ0) is 7.28. The lowest BCUT2D eigenvalue weighted by atomic mass is 10.7. The van der Waals surface area contributed by atoms with Crippen LogP contribution in [0.2, 0.25) is 0 Å². The van der Waals surface area contributed by atoms with Crippen molar-refractivity contribution in [3.63, 3.8) is 0 Å². The van der Waals surface area contributed by atoms with Crippen molar-refractivity contribution in [2.75, 3.05) is 18.6 Å². The van der Waals surface area contributed by atoms with Gasteiger partial charge in [0, 0.05) is 7.05 Å². The summed E-state index contributed by atoms with van der Waals surface area (Å²) in [5.41, 5.74) is 0. The topological polar surface area (TPSA) is 29.1 Å². The summed E-state index contributed by atoms with van der Waals surface area (Å²) in [6, 6.07) is 0. The Morgan fingerprint density at radius 1 is 1.78 bits per heavy atom. The Labute approximate surface area is 62.6 Å². The van der Waals surface area contributed by atoms with Crippen LogP contribution in [0.5, 0.6) is 0 Å². The molecule has 9 heavy (non-hydrogen) atoms. The summed E-state index contributed by atoms with van der Waals surface area (Å²) < 4.78 is 0. The molecule has 2 nitrogen and oxygen atoms in total. The van der Waals surface area contributed by atoms with E-state index in [2.05, 4.69) is 5.32 Å². The number of carbonyl (C=O) groups is 1. The lowest BCUT2D eigenvalue weighted by molar-refractivity contribution is -0.118. The van der Waals surface area contributed by atoms with Crippen LogP contribution in [0, 0.1) is 0 Å². The smallest absolute Gasteiger partial charge is 0.230 e. The molecule has 0 aromatic rings. The zero-order valence-corrected chi connectivity index (χ0v) is 7.27. The maximum absolute atomic E-state index is 10.6. The van der Waals surface area contributed by atoms with E-state index in [9.17, 15) is 4.79 Å². The minimum absolute atomic E-state index is 0.0511. The number of amides is 1. The first-order chi connectivity index (χ1) is 4.20. The minimum Gasteiger partial charge on any atom is -0.358 e. The molecular weight excluding hydrogens is 154 g/mol. The van der Waals surface area contributed by atoms with Crippen LogP contribution in [0.15, 0.2) is 0 Å². The molecule has 0 aliphatic heterocycles. The molecule has 0 saturated heterocycles. The third-order valence-corrected chi connectivity index (χ3v) is 3.18. The lowest BCUT2D eigenvalue weighted by Crippen LogP contribution is -2.24. The largest absolute Gasteiger partial charge is 0.358 e. The van der Waals surface area contributed by atoms with Gasteiger partial charge in [0.2, 0.25) is 5.91 Å². The molecule has 0 bridgehead atoms. The molecular formula is C5H11NOS2. The van der Waals surface area contributed by atoms with Crippen molar-refractivity contribution in [3.8, 4) is 0 Å². The van der Waals surface area contributed by atoms with Crippen LogP contribution < -0.4 is 5.32 Å². The molecule has 0 aliphatic rings. The average Bonchev–Trinajstić information content (AvgIpc) is 1.87. The molecule has 0 heterocycles. The molecule has 0 aromatic heterocycles. The van der Waals surface area contributed by atoms with Crippen molar-refractivity contribution in [1.29, 1.82) is 0 Å². The van der Waals surface area contributed by atoms with E-state index in [4.69, 9.17) is 11.2 Å². The molecule has 4 heteroatoms. The summed E-state index contributed by atoms with van der Waals surface area (Å²) in [5.74, 6) is 1.47. The third kappa shape index (κ3) is 4.54. The predicted molar refractivity (Wildman–Crippen MR) is 44.2 cm³/mol. The van der Waals surface area contributed by atoms with Gasteiger partial charge in [0.25, 0.3) is 0 Å². The Hall–Kier alpha value is 0.0400. The SMILES string of the molecule is CCS(=S)CC(=O)NC.